The number of carbonyl (C=O) groups excluding carboxylic acids is 1. The van der Waals surface area contributed by atoms with Gasteiger partial charge in [0.25, 0.3) is 0 Å². The molecule has 0 saturated heterocycles. The van der Waals surface area contributed by atoms with E-state index in [0.29, 0.717) is 12.2 Å². The minimum Gasteiger partial charge on any atom is -0.460 e. The van der Waals surface area contributed by atoms with E-state index in [2.05, 4.69) is 15.9 Å². The number of hydrogen-bond donors (Lipinski definition) is 0. The molecule has 0 saturated carbocycles. The van der Waals surface area contributed by atoms with Gasteiger partial charge in [0.05, 0.1) is 12.2 Å². The highest BCUT2D eigenvalue weighted by Gasteiger charge is 2.07. The quantitative estimate of drug-likeness (QED) is 0.624. The first kappa shape index (κ1) is 12.2. The van der Waals surface area contributed by atoms with E-state index in [0.717, 1.165) is 10.0 Å². The van der Waals surface area contributed by atoms with Crippen LogP contribution in [0.1, 0.15) is 15.9 Å². The number of aryl methyl sites for hydroxylation is 1. The Bertz CT molecular complexity index is 350. The van der Waals surface area contributed by atoms with Crippen molar-refractivity contribution in [1.29, 1.82) is 0 Å². The van der Waals surface area contributed by atoms with Gasteiger partial charge in [-0.3, -0.25) is 0 Å². The summed E-state index contributed by atoms with van der Waals surface area (Å²) in [5, 5.41) is 0. The van der Waals surface area contributed by atoms with Crippen LogP contribution in [0.3, 0.4) is 0 Å². The molecule has 15 heavy (non-hydrogen) atoms. The zero-order valence-corrected chi connectivity index (χ0v) is 10.3. The largest absolute Gasteiger partial charge is 0.460 e. The summed E-state index contributed by atoms with van der Waals surface area (Å²) in [4.78, 5) is 11.5. The van der Waals surface area contributed by atoms with Crippen LogP contribution in [0.5, 0.6) is 0 Å². The molecule has 1 aromatic rings. The maximum absolute atomic E-state index is 11.5. The van der Waals surface area contributed by atoms with Gasteiger partial charge < -0.3 is 9.47 Å². The molecule has 0 amide bonds. The zero-order chi connectivity index (χ0) is 11.3. The SMILES string of the molecule is COCCOC(=O)c1ccc(Br)c(C)c1. The van der Waals surface area contributed by atoms with Gasteiger partial charge in [0, 0.05) is 11.6 Å². The van der Waals surface area contributed by atoms with Crippen LogP contribution in [0, 0.1) is 6.92 Å². The van der Waals surface area contributed by atoms with Gasteiger partial charge in [-0.15, -0.1) is 0 Å². The highest BCUT2D eigenvalue weighted by Crippen LogP contribution is 2.17. The maximum Gasteiger partial charge on any atom is 0.338 e. The topological polar surface area (TPSA) is 35.5 Å². The van der Waals surface area contributed by atoms with Crippen molar-refractivity contribution in [3.05, 3.63) is 33.8 Å². The van der Waals surface area contributed by atoms with E-state index in [1.54, 1.807) is 19.2 Å². The Hall–Kier alpha value is -0.870. The van der Waals surface area contributed by atoms with Crippen molar-refractivity contribution in [2.24, 2.45) is 0 Å². The summed E-state index contributed by atoms with van der Waals surface area (Å²) in [6.07, 6.45) is 0. The van der Waals surface area contributed by atoms with Crippen LogP contribution in [-0.4, -0.2) is 26.3 Å². The summed E-state index contributed by atoms with van der Waals surface area (Å²) in [5.74, 6) is -0.317. The Morgan fingerprint density at radius 1 is 1.40 bits per heavy atom. The van der Waals surface area contributed by atoms with E-state index in [-0.39, 0.29) is 12.6 Å². The van der Waals surface area contributed by atoms with Crippen LogP contribution in [0.4, 0.5) is 0 Å². The van der Waals surface area contributed by atoms with E-state index < -0.39 is 0 Å². The fraction of sp³-hybridized carbons (Fsp3) is 0.364. The maximum atomic E-state index is 11.5. The lowest BCUT2D eigenvalue weighted by atomic mass is 10.1. The van der Waals surface area contributed by atoms with Gasteiger partial charge in [0.1, 0.15) is 6.61 Å². The van der Waals surface area contributed by atoms with Crippen LogP contribution in [0.25, 0.3) is 0 Å². The highest BCUT2D eigenvalue weighted by molar-refractivity contribution is 9.10. The van der Waals surface area contributed by atoms with Gasteiger partial charge in [0.15, 0.2) is 0 Å². The van der Waals surface area contributed by atoms with E-state index >= 15 is 0 Å². The van der Waals surface area contributed by atoms with Crippen LogP contribution in [-0.2, 0) is 9.47 Å². The molecule has 0 heterocycles. The lowest BCUT2D eigenvalue weighted by Crippen LogP contribution is -2.10. The highest BCUT2D eigenvalue weighted by atomic mass is 79.9. The summed E-state index contributed by atoms with van der Waals surface area (Å²) in [6, 6.07) is 5.35. The smallest absolute Gasteiger partial charge is 0.338 e. The van der Waals surface area contributed by atoms with Crippen molar-refractivity contribution >= 4 is 21.9 Å². The van der Waals surface area contributed by atoms with Crippen molar-refractivity contribution in [3.63, 3.8) is 0 Å². The minimum atomic E-state index is -0.317. The average Bonchev–Trinajstić information content (AvgIpc) is 2.22. The van der Waals surface area contributed by atoms with Crippen LogP contribution in [0.15, 0.2) is 22.7 Å². The Morgan fingerprint density at radius 2 is 2.13 bits per heavy atom. The number of ether oxygens (including phenoxy) is 2. The monoisotopic (exact) mass is 272 g/mol. The van der Waals surface area contributed by atoms with Gasteiger partial charge in [-0.25, -0.2) is 4.79 Å². The number of methoxy groups -OCH3 is 1. The number of hydrogen-bond acceptors (Lipinski definition) is 3. The normalized spacial score (nSPS) is 10.1. The molecule has 0 fully saturated rings. The van der Waals surface area contributed by atoms with Gasteiger partial charge in [-0.05, 0) is 30.7 Å². The molecule has 0 N–H and O–H groups in total. The van der Waals surface area contributed by atoms with Crippen molar-refractivity contribution in [3.8, 4) is 0 Å². The molecule has 0 bridgehead atoms. The van der Waals surface area contributed by atoms with E-state index in [9.17, 15) is 4.79 Å². The number of halogens is 1. The average molecular weight is 273 g/mol. The molecule has 0 unspecified atom stereocenters. The molecule has 0 aliphatic heterocycles. The van der Waals surface area contributed by atoms with E-state index in [1.807, 2.05) is 13.0 Å². The molecule has 4 heteroatoms. The predicted molar refractivity (Wildman–Crippen MR) is 61.0 cm³/mol. The number of esters is 1. The molecule has 1 rings (SSSR count). The number of rotatable bonds is 4. The van der Waals surface area contributed by atoms with Gasteiger partial charge in [-0.2, -0.15) is 0 Å². The molecule has 0 atom stereocenters. The Balaban J connectivity index is 2.62. The number of carbonyl (C=O) groups is 1. The fourth-order valence-corrected chi connectivity index (χ4v) is 1.32. The molecule has 0 aliphatic carbocycles. The van der Waals surface area contributed by atoms with E-state index in [1.165, 1.54) is 0 Å². The molecule has 0 radical (unpaired) electrons. The summed E-state index contributed by atoms with van der Waals surface area (Å²) >= 11 is 3.37. The van der Waals surface area contributed by atoms with Crippen molar-refractivity contribution in [2.45, 2.75) is 6.92 Å². The van der Waals surface area contributed by atoms with E-state index in [4.69, 9.17) is 9.47 Å². The van der Waals surface area contributed by atoms with Gasteiger partial charge in [0.2, 0.25) is 0 Å². The molecule has 82 valence electrons. The molecular weight excluding hydrogens is 260 g/mol. The zero-order valence-electron chi connectivity index (χ0n) is 8.75. The standard InChI is InChI=1S/C11H13BrO3/c1-8-7-9(3-4-10(8)12)11(13)15-6-5-14-2/h3-4,7H,5-6H2,1-2H3. The molecule has 0 spiro atoms. The minimum absolute atomic E-state index is 0.282. The number of benzene rings is 1. The summed E-state index contributed by atoms with van der Waals surface area (Å²) < 4.78 is 10.8. The van der Waals surface area contributed by atoms with Gasteiger partial charge in [-0.1, -0.05) is 15.9 Å². The van der Waals surface area contributed by atoms with Crippen LogP contribution < -0.4 is 0 Å². The third-order valence-electron chi connectivity index (χ3n) is 1.91. The Labute approximate surface area is 97.5 Å². The second-order valence-electron chi connectivity index (χ2n) is 3.09. The second kappa shape index (κ2) is 5.88. The van der Waals surface area contributed by atoms with Gasteiger partial charge >= 0.3 is 5.97 Å². The van der Waals surface area contributed by atoms with Crippen molar-refractivity contribution < 1.29 is 14.3 Å². The first-order valence-electron chi connectivity index (χ1n) is 4.57. The third kappa shape index (κ3) is 3.64. The molecule has 0 aromatic heterocycles. The van der Waals surface area contributed by atoms with Crippen molar-refractivity contribution in [1.82, 2.24) is 0 Å². The first-order valence-corrected chi connectivity index (χ1v) is 5.36. The Kier molecular flexibility index (Phi) is 4.78. The Morgan fingerprint density at radius 3 is 2.73 bits per heavy atom. The fourth-order valence-electron chi connectivity index (χ4n) is 1.07. The summed E-state index contributed by atoms with van der Waals surface area (Å²) in [5.41, 5.74) is 1.57. The molecular formula is C11H13BrO3. The lowest BCUT2D eigenvalue weighted by Gasteiger charge is -2.05. The second-order valence-corrected chi connectivity index (χ2v) is 3.95. The summed E-state index contributed by atoms with van der Waals surface area (Å²) in [6.45, 7) is 2.63. The lowest BCUT2D eigenvalue weighted by molar-refractivity contribution is 0.0388. The predicted octanol–water partition coefficient (Wildman–Crippen LogP) is 2.56. The van der Waals surface area contributed by atoms with Crippen molar-refractivity contribution in [2.75, 3.05) is 20.3 Å². The third-order valence-corrected chi connectivity index (χ3v) is 2.80. The van der Waals surface area contributed by atoms with Crippen LogP contribution >= 0.6 is 15.9 Å². The molecule has 0 aliphatic rings. The molecule has 3 nitrogen and oxygen atoms in total. The van der Waals surface area contributed by atoms with Crippen LogP contribution in [0.2, 0.25) is 0 Å². The first-order chi connectivity index (χ1) is 7.15. The molecule has 1 aromatic carbocycles. The summed E-state index contributed by atoms with van der Waals surface area (Å²) in [7, 11) is 1.57.